The molecule has 2 heterocycles. The van der Waals surface area contributed by atoms with Gasteiger partial charge in [0.15, 0.2) is 0 Å². The van der Waals surface area contributed by atoms with E-state index in [-0.39, 0.29) is 5.78 Å². The summed E-state index contributed by atoms with van der Waals surface area (Å²) in [5.74, 6) is -1.18. The van der Waals surface area contributed by atoms with Crippen LogP contribution in [0.15, 0.2) is 90.5 Å². The van der Waals surface area contributed by atoms with Crippen molar-refractivity contribution in [2.75, 3.05) is 13.2 Å². The Labute approximate surface area is 192 Å². The van der Waals surface area contributed by atoms with Gasteiger partial charge in [-0.05, 0) is 48.7 Å². The van der Waals surface area contributed by atoms with Gasteiger partial charge in [0.25, 0.3) is 5.79 Å². The van der Waals surface area contributed by atoms with Crippen LogP contribution >= 0.6 is 11.6 Å². The van der Waals surface area contributed by atoms with Gasteiger partial charge in [-0.2, -0.15) is 0 Å². The number of ether oxygens (including phenoxy) is 3. The first-order valence-electron chi connectivity index (χ1n) is 10.6. The van der Waals surface area contributed by atoms with Crippen LogP contribution in [-0.4, -0.2) is 24.6 Å². The van der Waals surface area contributed by atoms with Crippen molar-refractivity contribution < 1.29 is 19.0 Å². The first-order valence-corrected chi connectivity index (χ1v) is 11.0. The van der Waals surface area contributed by atoms with E-state index in [4.69, 9.17) is 25.8 Å². The van der Waals surface area contributed by atoms with E-state index < -0.39 is 11.4 Å². The van der Waals surface area contributed by atoms with Gasteiger partial charge in [-0.25, -0.2) is 0 Å². The van der Waals surface area contributed by atoms with Crippen molar-refractivity contribution in [3.8, 4) is 5.75 Å². The van der Waals surface area contributed by atoms with Gasteiger partial charge in [-0.3, -0.25) is 4.79 Å². The van der Waals surface area contributed by atoms with Crippen molar-refractivity contribution in [1.82, 2.24) is 0 Å². The molecule has 5 heteroatoms. The summed E-state index contributed by atoms with van der Waals surface area (Å²) in [4.78, 5) is 14.0. The Morgan fingerprint density at radius 3 is 2.41 bits per heavy atom. The van der Waals surface area contributed by atoms with Crippen molar-refractivity contribution in [2.45, 2.75) is 24.7 Å². The van der Waals surface area contributed by atoms with Gasteiger partial charge >= 0.3 is 0 Å². The van der Waals surface area contributed by atoms with E-state index in [1.165, 1.54) is 0 Å². The Balaban J connectivity index is 1.65. The lowest BCUT2D eigenvalue weighted by atomic mass is 9.74. The van der Waals surface area contributed by atoms with Crippen molar-refractivity contribution in [3.05, 3.63) is 112 Å². The second-order valence-electron chi connectivity index (χ2n) is 8.01. The molecule has 5 rings (SSSR count). The molecule has 0 fully saturated rings. The maximum absolute atomic E-state index is 14.0. The molecule has 0 aliphatic carbocycles. The highest BCUT2D eigenvalue weighted by molar-refractivity contribution is 6.30. The number of hydrogen-bond donors (Lipinski definition) is 0. The molecular weight excluding hydrogens is 424 g/mol. The molecule has 1 spiro atoms. The van der Waals surface area contributed by atoms with Gasteiger partial charge in [-0.15, -0.1) is 0 Å². The summed E-state index contributed by atoms with van der Waals surface area (Å²) in [7, 11) is 0. The predicted molar refractivity (Wildman–Crippen MR) is 123 cm³/mol. The summed E-state index contributed by atoms with van der Waals surface area (Å²) in [6, 6.07) is 24.5. The molecule has 3 aromatic rings. The zero-order chi connectivity index (χ0) is 22.2. The number of hydrogen-bond acceptors (Lipinski definition) is 4. The quantitative estimate of drug-likeness (QED) is 0.468. The molecule has 2 atom stereocenters. The van der Waals surface area contributed by atoms with Crippen LogP contribution in [0.2, 0.25) is 5.02 Å². The van der Waals surface area contributed by atoms with Crippen molar-refractivity contribution >= 4 is 17.4 Å². The van der Waals surface area contributed by atoms with Crippen LogP contribution in [0.25, 0.3) is 0 Å². The molecule has 0 radical (unpaired) electrons. The number of carbonyl (C=O) groups is 1. The number of halogens is 1. The third-order valence-corrected chi connectivity index (χ3v) is 6.43. The predicted octanol–water partition coefficient (Wildman–Crippen LogP) is 5.74. The molecule has 2 aliphatic rings. The number of benzene rings is 3. The van der Waals surface area contributed by atoms with Crippen LogP contribution in [0, 0.1) is 0 Å². The topological polar surface area (TPSA) is 44.8 Å². The van der Waals surface area contributed by atoms with Crippen LogP contribution in [0.3, 0.4) is 0 Å². The minimum absolute atomic E-state index is 0.166. The van der Waals surface area contributed by atoms with E-state index in [9.17, 15) is 4.79 Å². The zero-order valence-corrected chi connectivity index (χ0v) is 18.5. The van der Waals surface area contributed by atoms with Gasteiger partial charge in [-0.1, -0.05) is 72.3 Å². The highest BCUT2D eigenvalue weighted by Gasteiger charge is 2.67. The molecule has 0 aromatic heterocycles. The van der Waals surface area contributed by atoms with Gasteiger partial charge in [0.1, 0.15) is 5.75 Å². The Morgan fingerprint density at radius 2 is 1.69 bits per heavy atom. The van der Waals surface area contributed by atoms with Gasteiger partial charge in [0, 0.05) is 10.6 Å². The number of fused-ring (bicyclic) bond motifs is 1. The summed E-state index contributed by atoms with van der Waals surface area (Å²) >= 11 is 6.18. The van der Waals surface area contributed by atoms with Crippen molar-refractivity contribution in [2.24, 2.45) is 0 Å². The van der Waals surface area contributed by atoms with Crippen molar-refractivity contribution in [3.63, 3.8) is 0 Å². The van der Waals surface area contributed by atoms with E-state index in [1.54, 1.807) is 24.3 Å². The van der Waals surface area contributed by atoms with E-state index in [0.29, 0.717) is 41.5 Å². The number of rotatable bonds is 5. The third kappa shape index (κ3) is 3.18. The largest absolute Gasteiger partial charge is 0.453 e. The molecular formula is C27H23ClO4. The molecule has 0 bridgehead atoms. The fraction of sp³-hybridized carbons (Fsp3) is 0.222. The second-order valence-corrected chi connectivity index (χ2v) is 8.45. The molecule has 2 aliphatic heterocycles. The fourth-order valence-corrected chi connectivity index (χ4v) is 4.69. The highest BCUT2D eigenvalue weighted by Crippen LogP contribution is 2.53. The Hall–Kier alpha value is -2.92. The van der Waals surface area contributed by atoms with E-state index >= 15 is 0 Å². The number of ketones is 1. The minimum atomic E-state index is -1.49. The normalized spacial score (nSPS) is 24.2. The first kappa shape index (κ1) is 21.0. The number of para-hydroxylation sites is 1. The van der Waals surface area contributed by atoms with Gasteiger partial charge in [0.2, 0.25) is 11.4 Å². The Kier molecular flexibility index (Phi) is 5.38. The molecule has 32 heavy (non-hydrogen) atoms. The van der Waals surface area contributed by atoms with E-state index in [0.717, 1.165) is 11.1 Å². The zero-order valence-electron chi connectivity index (χ0n) is 17.7. The lowest BCUT2D eigenvalue weighted by Gasteiger charge is -2.49. The minimum Gasteiger partial charge on any atom is -0.453 e. The van der Waals surface area contributed by atoms with E-state index in [1.807, 2.05) is 67.6 Å². The first-order chi connectivity index (χ1) is 15.6. The molecule has 0 saturated carbocycles. The molecule has 4 nitrogen and oxygen atoms in total. The summed E-state index contributed by atoms with van der Waals surface area (Å²) in [6.45, 7) is 2.54. The molecule has 2 unspecified atom stereocenters. The number of carbonyl (C=O) groups excluding carboxylic acids is 1. The summed E-state index contributed by atoms with van der Waals surface area (Å²) < 4.78 is 19.4. The van der Waals surface area contributed by atoms with E-state index in [2.05, 4.69) is 0 Å². The van der Waals surface area contributed by atoms with Crippen LogP contribution in [0.1, 0.15) is 28.4 Å². The smallest absolute Gasteiger partial charge is 0.278 e. The van der Waals surface area contributed by atoms with Crippen LogP contribution in [0.4, 0.5) is 0 Å². The van der Waals surface area contributed by atoms with Gasteiger partial charge in [0.05, 0.1) is 18.8 Å². The highest BCUT2D eigenvalue weighted by atomic mass is 35.5. The summed E-state index contributed by atoms with van der Waals surface area (Å²) in [5, 5.41) is 0.587. The summed E-state index contributed by atoms with van der Waals surface area (Å²) in [5.41, 5.74) is 1.64. The van der Waals surface area contributed by atoms with Crippen molar-refractivity contribution in [1.29, 1.82) is 0 Å². The van der Waals surface area contributed by atoms with Gasteiger partial charge < -0.3 is 14.2 Å². The molecule has 162 valence electrons. The SMILES string of the molecule is CC1=CCOC12C(=O)c1ccccc1OC2(OCCc1ccccc1)c1ccc(Cl)cc1. The van der Waals surface area contributed by atoms with Crippen LogP contribution in [0.5, 0.6) is 5.75 Å². The Morgan fingerprint density at radius 1 is 0.969 bits per heavy atom. The van der Waals surface area contributed by atoms with Crippen LogP contribution < -0.4 is 4.74 Å². The maximum atomic E-state index is 14.0. The summed E-state index contributed by atoms with van der Waals surface area (Å²) in [6.07, 6.45) is 2.58. The maximum Gasteiger partial charge on any atom is 0.278 e. The molecule has 0 saturated heterocycles. The monoisotopic (exact) mass is 446 g/mol. The standard InChI is InChI=1S/C27H23ClO4/c1-19-15-17-30-26(19)25(29)23-9-5-6-10-24(23)32-27(26,21-11-13-22(28)14-12-21)31-18-16-20-7-3-2-4-8-20/h2-15H,16-18H2,1H3. The van der Waals surface area contributed by atoms with Crippen LogP contribution in [-0.2, 0) is 21.7 Å². The Bertz CT molecular complexity index is 1170. The third-order valence-electron chi connectivity index (χ3n) is 6.18. The fourth-order valence-electron chi connectivity index (χ4n) is 4.56. The lowest BCUT2D eigenvalue weighted by molar-refractivity contribution is -0.273. The second kappa shape index (κ2) is 8.21. The average molecular weight is 447 g/mol. The number of Topliss-reactive ketones (excluding diaryl/α,β-unsaturated/α-hetero) is 1. The molecule has 0 amide bonds. The molecule has 0 N–H and O–H groups in total. The lowest BCUT2D eigenvalue weighted by Crippen LogP contribution is -2.65. The average Bonchev–Trinajstić information content (AvgIpc) is 3.21. The molecule has 3 aromatic carbocycles.